The molecule has 31 heavy (non-hydrogen) atoms. The Labute approximate surface area is 183 Å². The van der Waals surface area contributed by atoms with Gasteiger partial charge in [0.2, 0.25) is 5.91 Å². The van der Waals surface area contributed by atoms with Crippen molar-refractivity contribution in [3.8, 4) is 5.75 Å². The minimum atomic E-state index is -0.357. The molecule has 2 aromatic rings. The minimum Gasteiger partial charge on any atom is -0.497 e. The second-order valence-electron chi connectivity index (χ2n) is 7.34. The van der Waals surface area contributed by atoms with Gasteiger partial charge in [0.1, 0.15) is 11.6 Å². The Bertz CT molecular complexity index is 847. The summed E-state index contributed by atoms with van der Waals surface area (Å²) in [6.45, 7) is 6.27. The third-order valence-corrected chi connectivity index (χ3v) is 5.22. The van der Waals surface area contributed by atoms with E-state index in [9.17, 15) is 9.59 Å². The van der Waals surface area contributed by atoms with Crippen molar-refractivity contribution in [1.82, 2.24) is 15.2 Å². The maximum Gasteiger partial charge on any atom is 0.339 e. The van der Waals surface area contributed by atoms with Gasteiger partial charge < -0.3 is 19.7 Å². The Morgan fingerprint density at radius 2 is 1.81 bits per heavy atom. The number of nitrogens with one attached hydrogen (secondary N) is 1. The first kappa shape index (κ1) is 22.6. The van der Waals surface area contributed by atoms with Crippen molar-refractivity contribution in [3.63, 3.8) is 0 Å². The van der Waals surface area contributed by atoms with Crippen molar-refractivity contribution in [2.45, 2.75) is 13.3 Å². The lowest BCUT2D eigenvalue weighted by atomic mass is 10.1. The monoisotopic (exact) mass is 426 g/mol. The van der Waals surface area contributed by atoms with Crippen LogP contribution in [-0.4, -0.2) is 74.7 Å². The van der Waals surface area contributed by atoms with E-state index in [0.29, 0.717) is 25.3 Å². The molecule has 0 saturated carbocycles. The van der Waals surface area contributed by atoms with Crippen LogP contribution in [0.25, 0.3) is 0 Å². The normalized spacial score (nSPS) is 14.2. The predicted molar refractivity (Wildman–Crippen MR) is 119 cm³/mol. The van der Waals surface area contributed by atoms with Crippen molar-refractivity contribution in [2.75, 3.05) is 57.9 Å². The van der Waals surface area contributed by atoms with E-state index in [1.54, 1.807) is 26.3 Å². The van der Waals surface area contributed by atoms with Gasteiger partial charge in [0, 0.05) is 38.9 Å². The molecule has 1 aliphatic rings. The number of hydrogen-bond acceptors (Lipinski definition) is 7. The number of rotatable bonds is 9. The third kappa shape index (κ3) is 6.68. The van der Waals surface area contributed by atoms with E-state index in [4.69, 9.17) is 9.47 Å². The van der Waals surface area contributed by atoms with Crippen LogP contribution in [0.15, 0.2) is 42.6 Å². The molecule has 0 radical (unpaired) electrons. The van der Waals surface area contributed by atoms with Crippen molar-refractivity contribution < 1.29 is 19.1 Å². The molecular weight excluding hydrogens is 396 g/mol. The summed E-state index contributed by atoms with van der Waals surface area (Å²) in [7, 11) is 1.65. The van der Waals surface area contributed by atoms with Crippen molar-refractivity contribution in [1.29, 1.82) is 0 Å². The van der Waals surface area contributed by atoms with E-state index in [-0.39, 0.29) is 11.9 Å². The molecule has 1 fully saturated rings. The fourth-order valence-corrected chi connectivity index (χ4v) is 3.44. The van der Waals surface area contributed by atoms with Gasteiger partial charge in [-0.15, -0.1) is 0 Å². The first-order valence-corrected chi connectivity index (χ1v) is 10.6. The molecule has 0 aliphatic carbocycles. The number of carbonyl (C=O) groups excluding carboxylic acids is 2. The maximum absolute atomic E-state index is 12.3. The van der Waals surface area contributed by atoms with Gasteiger partial charge in [0.15, 0.2) is 0 Å². The summed E-state index contributed by atoms with van der Waals surface area (Å²) in [6.07, 6.45) is 2.34. The number of benzene rings is 1. The molecule has 1 aromatic heterocycles. The predicted octanol–water partition coefficient (Wildman–Crippen LogP) is 1.75. The van der Waals surface area contributed by atoms with Crippen LogP contribution in [0.4, 0.5) is 5.82 Å². The summed E-state index contributed by atoms with van der Waals surface area (Å²) < 4.78 is 10.1. The molecule has 1 aliphatic heterocycles. The fourth-order valence-electron chi connectivity index (χ4n) is 3.44. The lowest BCUT2D eigenvalue weighted by Gasteiger charge is -2.35. The molecule has 166 valence electrons. The Morgan fingerprint density at radius 3 is 2.42 bits per heavy atom. The highest BCUT2D eigenvalue weighted by Gasteiger charge is 2.20. The van der Waals surface area contributed by atoms with Gasteiger partial charge in [-0.25, -0.2) is 9.78 Å². The Hall–Kier alpha value is -3.13. The second kappa shape index (κ2) is 11.3. The topological polar surface area (TPSA) is 84.0 Å². The number of esters is 1. The molecule has 1 N–H and O–H groups in total. The lowest BCUT2D eigenvalue weighted by Crippen LogP contribution is -2.49. The smallest absolute Gasteiger partial charge is 0.339 e. The van der Waals surface area contributed by atoms with Gasteiger partial charge in [-0.2, -0.15) is 0 Å². The molecule has 8 nitrogen and oxygen atoms in total. The van der Waals surface area contributed by atoms with Crippen molar-refractivity contribution in [2.24, 2.45) is 0 Å². The summed E-state index contributed by atoms with van der Waals surface area (Å²) in [4.78, 5) is 32.7. The van der Waals surface area contributed by atoms with E-state index in [2.05, 4.69) is 20.1 Å². The van der Waals surface area contributed by atoms with Crippen LogP contribution in [0, 0.1) is 0 Å². The zero-order chi connectivity index (χ0) is 22.1. The number of methoxy groups -OCH3 is 1. The van der Waals surface area contributed by atoms with Gasteiger partial charge in [-0.3, -0.25) is 9.69 Å². The largest absolute Gasteiger partial charge is 0.497 e. The molecule has 2 heterocycles. The molecule has 0 atom stereocenters. The molecule has 0 unspecified atom stereocenters. The number of ether oxygens (including phenoxy) is 2. The zero-order valence-electron chi connectivity index (χ0n) is 18.2. The quantitative estimate of drug-likeness (QED) is 0.612. The molecule has 0 bridgehead atoms. The molecule has 0 spiro atoms. The number of amides is 1. The third-order valence-electron chi connectivity index (χ3n) is 5.22. The fraction of sp³-hybridized carbons (Fsp3) is 0.435. The Kier molecular flexibility index (Phi) is 8.23. The van der Waals surface area contributed by atoms with Crippen molar-refractivity contribution >= 4 is 17.7 Å². The maximum atomic E-state index is 12.3. The highest BCUT2D eigenvalue weighted by molar-refractivity contribution is 5.89. The molecule has 1 aromatic carbocycles. The van der Waals surface area contributed by atoms with Crippen LogP contribution < -0.4 is 15.0 Å². The first-order valence-electron chi connectivity index (χ1n) is 10.6. The number of aromatic nitrogens is 1. The summed E-state index contributed by atoms with van der Waals surface area (Å²) in [6, 6.07) is 11.5. The van der Waals surface area contributed by atoms with E-state index >= 15 is 0 Å². The number of anilines is 1. The van der Waals surface area contributed by atoms with Crippen molar-refractivity contribution in [3.05, 3.63) is 53.7 Å². The summed E-state index contributed by atoms with van der Waals surface area (Å²) >= 11 is 0. The van der Waals surface area contributed by atoms with Crippen LogP contribution in [0.5, 0.6) is 5.75 Å². The Morgan fingerprint density at radius 1 is 1.06 bits per heavy atom. The summed E-state index contributed by atoms with van der Waals surface area (Å²) in [5.41, 5.74) is 1.62. The van der Waals surface area contributed by atoms with E-state index in [1.165, 1.54) is 0 Å². The van der Waals surface area contributed by atoms with E-state index in [1.807, 2.05) is 30.3 Å². The van der Waals surface area contributed by atoms with E-state index < -0.39 is 0 Å². The van der Waals surface area contributed by atoms with Gasteiger partial charge in [-0.1, -0.05) is 12.1 Å². The van der Waals surface area contributed by atoms with Crippen LogP contribution in [-0.2, 0) is 16.0 Å². The van der Waals surface area contributed by atoms with Gasteiger partial charge in [-0.05, 0) is 43.2 Å². The van der Waals surface area contributed by atoms with Crippen LogP contribution in [0.1, 0.15) is 22.8 Å². The summed E-state index contributed by atoms with van der Waals surface area (Å²) in [5, 5.41) is 3.00. The zero-order valence-corrected chi connectivity index (χ0v) is 18.2. The first-order chi connectivity index (χ1) is 15.1. The van der Waals surface area contributed by atoms with Gasteiger partial charge in [0.05, 0.1) is 25.8 Å². The molecule has 1 amide bonds. The van der Waals surface area contributed by atoms with Gasteiger partial charge in [0.25, 0.3) is 0 Å². The molecule has 3 rings (SSSR count). The van der Waals surface area contributed by atoms with Crippen LogP contribution in [0.2, 0.25) is 0 Å². The van der Waals surface area contributed by atoms with Crippen LogP contribution in [0.3, 0.4) is 0 Å². The number of nitrogens with zero attached hydrogens (tertiary/aromatic N) is 3. The molecule has 8 heteroatoms. The summed E-state index contributed by atoms with van der Waals surface area (Å²) in [5.74, 6) is 1.34. The van der Waals surface area contributed by atoms with E-state index in [0.717, 1.165) is 49.7 Å². The highest BCUT2D eigenvalue weighted by Crippen LogP contribution is 2.15. The average molecular weight is 427 g/mol. The Balaban J connectivity index is 1.37. The average Bonchev–Trinajstić information content (AvgIpc) is 2.80. The minimum absolute atomic E-state index is 0.0406. The highest BCUT2D eigenvalue weighted by atomic mass is 16.5. The standard InChI is InChI=1S/C23H30N4O4/c1-3-31-23(29)19-6-9-21(25-16-19)27-14-12-26(13-15-27)17-22(28)24-11-10-18-4-7-20(30-2)8-5-18/h4-9,16H,3,10-15,17H2,1-2H3,(H,24,28). The second-order valence-corrected chi connectivity index (χ2v) is 7.34. The van der Waals surface area contributed by atoms with Crippen LogP contribution >= 0.6 is 0 Å². The lowest BCUT2D eigenvalue weighted by molar-refractivity contribution is -0.122. The molecular formula is C23H30N4O4. The van der Waals surface area contributed by atoms with Gasteiger partial charge >= 0.3 is 5.97 Å². The number of hydrogen-bond donors (Lipinski definition) is 1. The number of carbonyl (C=O) groups is 2. The number of piperazine rings is 1. The number of pyridine rings is 1. The SMILES string of the molecule is CCOC(=O)c1ccc(N2CCN(CC(=O)NCCc3ccc(OC)cc3)CC2)nc1. The molecule has 1 saturated heterocycles.